The highest BCUT2D eigenvalue weighted by atomic mass is 16.2. The molecule has 4 N–H and O–H groups in total. The number of H-pyrrole nitrogens is 1. The van der Waals surface area contributed by atoms with Gasteiger partial charge in [0, 0.05) is 0 Å². The van der Waals surface area contributed by atoms with Gasteiger partial charge >= 0.3 is 0 Å². The third kappa shape index (κ3) is 1.36. The van der Waals surface area contributed by atoms with Crippen LogP contribution in [-0.4, -0.2) is 21.9 Å². The van der Waals surface area contributed by atoms with Gasteiger partial charge < -0.3 is 10.8 Å². The maximum atomic E-state index is 8.57. The van der Waals surface area contributed by atoms with Crippen LogP contribution >= 0.6 is 0 Å². The van der Waals surface area contributed by atoms with Crippen molar-refractivity contribution in [3.8, 4) is 17.9 Å². The molecule has 0 atom stereocenters. The molecule has 0 unspecified atom stereocenters. The van der Waals surface area contributed by atoms with E-state index in [2.05, 4.69) is 22.0 Å². The van der Waals surface area contributed by atoms with Crippen molar-refractivity contribution in [1.82, 2.24) is 10.2 Å². The number of nitrogens with one attached hydrogen (secondary N) is 1. The molecule has 0 aliphatic rings. The van der Waals surface area contributed by atoms with E-state index >= 15 is 0 Å². The topological polar surface area (TPSA) is 98.7 Å². The summed E-state index contributed by atoms with van der Waals surface area (Å²) in [5, 5.41) is 23.0. The number of nitrogen functional groups attached to an aromatic ring is 1. The minimum Gasteiger partial charge on any atom is -0.384 e. The average Bonchev–Trinajstić information content (AvgIpc) is 2.43. The zero-order valence-electron chi connectivity index (χ0n) is 6.13. The standard InChI is InChI=1S/C7H6N4O/c8-4-5-6(2-1-3-12)10-11-7(5)9/h12H,3H2,(H3,9,10,11). The summed E-state index contributed by atoms with van der Waals surface area (Å²) in [5.74, 6) is 5.02. The Hall–Kier alpha value is -1.98. The van der Waals surface area contributed by atoms with Gasteiger partial charge in [-0.2, -0.15) is 10.4 Å². The second-order valence-electron chi connectivity index (χ2n) is 1.93. The Balaban J connectivity index is 3.10. The lowest BCUT2D eigenvalue weighted by atomic mass is 10.2. The SMILES string of the molecule is N#Cc1c(N)n[nH]c1C#CCO. The van der Waals surface area contributed by atoms with Gasteiger partial charge in [-0.3, -0.25) is 5.10 Å². The molecule has 0 aromatic carbocycles. The van der Waals surface area contributed by atoms with E-state index in [4.69, 9.17) is 16.1 Å². The van der Waals surface area contributed by atoms with E-state index in [9.17, 15) is 0 Å². The van der Waals surface area contributed by atoms with Crippen molar-refractivity contribution < 1.29 is 5.11 Å². The minimum absolute atomic E-state index is 0.125. The predicted molar refractivity (Wildman–Crippen MR) is 41.7 cm³/mol. The number of rotatable bonds is 0. The van der Waals surface area contributed by atoms with Gasteiger partial charge in [-0.05, 0) is 5.92 Å². The van der Waals surface area contributed by atoms with E-state index in [1.807, 2.05) is 6.07 Å². The summed E-state index contributed by atoms with van der Waals surface area (Å²) in [7, 11) is 0. The van der Waals surface area contributed by atoms with Gasteiger partial charge in [0.25, 0.3) is 0 Å². The summed E-state index contributed by atoms with van der Waals surface area (Å²) >= 11 is 0. The summed E-state index contributed by atoms with van der Waals surface area (Å²) in [6.45, 7) is -0.260. The van der Waals surface area contributed by atoms with E-state index in [1.54, 1.807) is 0 Å². The maximum Gasteiger partial charge on any atom is 0.164 e. The number of aliphatic hydroxyl groups is 1. The fourth-order valence-corrected chi connectivity index (χ4v) is 0.688. The molecule has 0 fully saturated rings. The maximum absolute atomic E-state index is 8.57. The second-order valence-corrected chi connectivity index (χ2v) is 1.93. The van der Waals surface area contributed by atoms with Crippen LogP contribution in [0.15, 0.2) is 0 Å². The van der Waals surface area contributed by atoms with Crippen molar-refractivity contribution in [1.29, 1.82) is 5.26 Å². The van der Waals surface area contributed by atoms with Crippen molar-refractivity contribution >= 4 is 5.82 Å². The van der Waals surface area contributed by atoms with Gasteiger partial charge in [0.05, 0.1) is 0 Å². The van der Waals surface area contributed by atoms with Crippen molar-refractivity contribution in [2.75, 3.05) is 12.3 Å². The molecule has 0 saturated carbocycles. The van der Waals surface area contributed by atoms with Crippen molar-refractivity contribution in [2.24, 2.45) is 0 Å². The Morgan fingerprint density at radius 3 is 3.00 bits per heavy atom. The molecule has 0 bridgehead atoms. The number of aromatic amines is 1. The minimum atomic E-state index is -0.260. The van der Waals surface area contributed by atoms with Gasteiger partial charge in [0.1, 0.15) is 23.9 Å². The molecule has 12 heavy (non-hydrogen) atoms. The van der Waals surface area contributed by atoms with Crippen LogP contribution < -0.4 is 5.73 Å². The Kier molecular flexibility index (Phi) is 2.32. The van der Waals surface area contributed by atoms with E-state index in [0.717, 1.165) is 0 Å². The Morgan fingerprint density at radius 2 is 2.42 bits per heavy atom. The van der Waals surface area contributed by atoms with Crippen molar-refractivity contribution in [2.45, 2.75) is 0 Å². The highest BCUT2D eigenvalue weighted by Gasteiger charge is 2.06. The van der Waals surface area contributed by atoms with Crippen LogP contribution in [0.1, 0.15) is 11.3 Å². The van der Waals surface area contributed by atoms with Crippen LogP contribution in [0.4, 0.5) is 5.82 Å². The molecule has 60 valence electrons. The number of nitrogens with two attached hydrogens (primary N) is 1. The monoisotopic (exact) mass is 162 g/mol. The van der Waals surface area contributed by atoms with Crippen molar-refractivity contribution in [3.63, 3.8) is 0 Å². The number of anilines is 1. The fraction of sp³-hybridized carbons (Fsp3) is 0.143. The van der Waals surface area contributed by atoms with Gasteiger partial charge in [0.2, 0.25) is 0 Å². The largest absolute Gasteiger partial charge is 0.384 e. The Labute approximate surface area is 68.8 Å². The zero-order valence-corrected chi connectivity index (χ0v) is 6.13. The summed E-state index contributed by atoms with van der Waals surface area (Å²) in [5.41, 5.74) is 5.88. The molecule has 1 rings (SSSR count). The third-order valence-corrected chi connectivity index (χ3v) is 1.20. The van der Waals surface area contributed by atoms with Gasteiger partial charge in [-0.15, -0.1) is 0 Å². The molecule has 0 amide bonds. The summed E-state index contributed by atoms with van der Waals surface area (Å²) in [4.78, 5) is 0. The van der Waals surface area contributed by atoms with Gasteiger partial charge in [-0.25, -0.2) is 0 Å². The molecule has 0 aliphatic carbocycles. The molecule has 1 aromatic rings. The molecular weight excluding hydrogens is 156 g/mol. The molecule has 1 heterocycles. The number of hydrogen-bond acceptors (Lipinski definition) is 4. The van der Waals surface area contributed by atoms with Gasteiger partial charge in [-0.1, -0.05) is 5.92 Å². The first-order chi connectivity index (χ1) is 5.79. The van der Waals surface area contributed by atoms with Gasteiger partial charge in [0.15, 0.2) is 5.82 Å². The van der Waals surface area contributed by atoms with Crippen LogP contribution in [0.2, 0.25) is 0 Å². The highest BCUT2D eigenvalue weighted by molar-refractivity contribution is 5.55. The normalized spacial score (nSPS) is 8.33. The molecule has 5 heteroatoms. The predicted octanol–water partition coefficient (Wildman–Crippen LogP) is -0.793. The Morgan fingerprint density at radius 1 is 1.67 bits per heavy atom. The number of nitrogens with zero attached hydrogens (tertiary/aromatic N) is 2. The fourth-order valence-electron chi connectivity index (χ4n) is 0.688. The van der Waals surface area contributed by atoms with E-state index in [1.165, 1.54) is 0 Å². The molecular formula is C7H6N4O. The first kappa shape index (κ1) is 8.12. The first-order valence-electron chi connectivity index (χ1n) is 3.13. The molecule has 5 nitrogen and oxygen atoms in total. The zero-order chi connectivity index (χ0) is 8.97. The molecule has 0 radical (unpaired) electrons. The summed E-state index contributed by atoms with van der Waals surface area (Å²) < 4.78 is 0. The molecule has 0 saturated heterocycles. The van der Waals surface area contributed by atoms with Crippen LogP contribution in [-0.2, 0) is 0 Å². The van der Waals surface area contributed by atoms with Crippen LogP contribution in [0.5, 0.6) is 0 Å². The lowest BCUT2D eigenvalue weighted by molar-refractivity contribution is 0.350. The van der Waals surface area contributed by atoms with Crippen LogP contribution in [0, 0.1) is 23.2 Å². The van der Waals surface area contributed by atoms with Crippen LogP contribution in [0.25, 0.3) is 0 Å². The lowest BCUT2D eigenvalue weighted by Crippen LogP contribution is -1.87. The number of nitriles is 1. The van der Waals surface area contributed by atoms with E-state index in [-0.39, 0.29) is 18.0 Å². The third-order valence-electron chi connectivity index (χ3n) is 1.20. The van der Waals surface area contributed by atoms with Crippen molar-refractivity contribution in [3.05, 3.63) is 11.3 Å². The molecule has 0 spiro atoms. The van der Waals surface area contributed by atoms with Crippen LogP contribution in [0.3, 0.4) is 0 Å². The lowest BCUT2D eigenvalue weighted by Gasteiger charge is -1.81. The highest BCUT2D eigenvalue weighted by Crippen LogP contribution is 2.09. The Bertz CT molecular complexity index is 376. The first-order valence-corrected chi connectivity index (χ1v) is 3.13. The number of aromatic nitrogens is 2. The number of hydrogen-bond donors (Lipinski definition) is 3. The van der Waals surface area contributed by atoms with E-state index < -0.39 is 0 Å². The van der Waals surface area contributed by atoms with E-state index in [0.29, 0.717) is 5.69 Å². The number of aliphatic hydroxyl groups excluding tert-OH is 1. The average molecular weight is 162 g/mol. The summed E-state index contributed by atoms with van der Waals surface area (Å²) in [6.07, 6.45) is 0. The summed E-state index contributed by atoms with van der Waals surface area (Å²) in [6, 6.07) is 1.85. The quantitative estimate of drug-likeness (QED) is 0.435. The molecule has 1 aromatic heterocycles. The molecule has 0 aliphatic heterocycles. The second kappa shape index (κ2) is 3.42. The smallest absolute Gasteiger partial charge is 0.164 e.